The number of rotatable bonds is 9. The maximum Gasteiger partial charge on any atom is 0.248 e. The molecule has 1 aromatic rings. The third kappa shape index (κ3) is 4.78. The molecule has 0 bridgehead atoms. The van der Waals surface area contributed by atoms with Gasteiger partial charge in [-0.3, -0.25) is 4.79 Å². The maximum absolute atomic E-state index is 11.7. The summed E-state index contributed by atoms with van der Waals surface area (Å²) < 4.78 is 10.9. The number of aliphatic hydroxyl groups is 1. The number of carbonyl (C=O) groups is 1. The highest BCUT2D eigenvalue weighted by Gasteiger charge is 2.55. The highest BCUT2D eigenvalue weighted by Crippen LogP contribution is 2.57. The second kappa shape index (κ2) is 8.79. The van der Waals surface area contributed by atoms with Crippen molar-refractivity contribution in [2.75, 3.05) is 31.7 Å². The van der Waals surface area contributed by atoms with Crippen LogP contribution in [0.5, 0.6) is 11.5 Å². The van der Waals surface area contributed by atoms with Gasteiger partial charge in [-0.2, -0.15) is 0 Å². The zero-order valence-electron chi connectivity index (χ0n) is 17.2. The fourth-order valence-electron chi connectivity index (χ4n) is 4.72. The second-order valence-corrected chi connectivity index (χ2v) is 8.75. The number of anilines is 1. The summed E-state index contributed by atoms with van der Waals surface area (Å²) in [4.78, 5) is 11.7. The minimum Gasteiger partial charge on any atom is -0.454 e. The van der Waals surface area contributed by atoms with Gasteiger partial charge in [0.25, 0.3) is 0 Å². The van der Waals surface area contributed by atoms with E-state index in [1.807, 2.05) is 18.2 Å². The van der Waals surface area contributed by atoms with Crippen molar-refractivity contribution in [3.63, 3.8) is 0 Å². The first kappa shape index (κ1) is 20.3. The summed E-state index contributed by atoms with van der Waals surface area (Å²) in [5.74, 6) is 2.16. The van der Waals surface area contributed by atoms with Gasteiger partial charge < -0.3 is 30.5 Å². The molecule has 0 saturated heterocycles. The Morgan fingerprint density at radius 1 is 1.24 bits per heavy atom. The molecule has 2 saturated carbocycles. The molecule has 0 aromatic heterocycles. The minimum atomic E-state index is -0.909. The van der Waals surface area contributed by atoms with Crippen molar-refractivity contribution in [2.24, 2.45) is 11.3 Å². The van der Waals surface area contributed by atoms with Gasteiger partial charge in [-0.15, -0.1) is 0 Å². The zero-order chi connectivity index (χ0) is 20.3. The topological polar surface area (TPSA) is 91.9 Å². The Labute approximate surface area is 172 Å². The van der Waals surface area contributed by atoms with E-state index in [9.17, 15) is 9.90 Å². The molecule has 0 unspecified atom stereocenters. The van der Waals surface area contributed by atoms with Gasteiger partial charge in [0.1, 0.15) is 6.10 Å². The van der Waals surface area contributed by atoms with E-state index in [0.717, 1.165) is 49.2 Å². The summed E-state index contributed by atoms with van der Waals surface area (Å²) in [5.41, 5.74) is 1.31. The monoisotopic (exact) mass is 403 g/mol. The highest BCUT2D eigenvalue weighted by atomic mass is 16.7. The van der Waals surface area contributed by atoms with Crippen LogP contribution in [-0.2, 0) is 4.79 Å². The SMILES string of the molecule is C[C@@H](O)C(=O)N[C@H]1CC12CCC(CCNCCNc1cccc3c1OCO3)CC2. The van der Waals surface area contributed by atoms with Gasteiger partial charge in [-0.05, 0) is 75.5 Å². The Bertz CT molecular complexity index is 716. The molecule has 7 nitrogen and oxygen atoms in total. The normalized spacial score (nSPS) is 28.2. The van der Waals surface area contributed by atoms with Crippen LogP contribution in [0.2, 0.25) is 0 Å². The Kier molecular flexibility index (Phi) is 6.15. The molecule has 7 heteroatoms. The van der Waals surface area contributed by atoms with Gasteiger partial charge in [0.05, 0.1) is 5.69 Å². The molecule has 3 aliphatic rings. The van der Waals surface area contributed by atoms with Crippen LogP contribution in [0.4, 0.5) is 5.69 Å². The average Bonchev–Trinajstić information content (AvgIpc) is 3.13. The smallest absolute Gasteiger partial charge is 0.248 e. The molecule has 1 amide bonds. The number of hydrogen-bond acceptors (Lipinski definition) is 6. The van der Waals surface area contributed by atoms with Crippen LogP contribution in [-0.4, -0.2) is 49.6 Å². The fraction of sp³-hybridized carbons (Fsp3) is 0.682. The summed E-state index contributed by atoms with van der Waals surface area (Å²) in [5, 5.41) is 19.3. The lowest BCUT2D eigenvalue weighted by Crippen LogP contribution is -2.37. The summed E-state index contributed by atoms with van der Waals surface area (Å²) in [6.45, 7) is 4.61. The van der Waals surface area contributed by atoms with Crippen LogP contribution in [0.3, 0.4) is 0 Å². The van der Waals surface area contributed by atoms with Crippen LogP contribution >= 0.6 is 0 Å². The lowest BCUT2D eigenvalue weighted by molar-refractivity contribution is -0.128. The lowest BCUT2D eigenvalue weighted by atomic mass is 9.78. The van der Waals surface area contributed by atoms with Gasteiger partial charge in [-0.25, -0.2) is 0 Å². The predicted octanol–water partition coefficient (Wildman–Crippen LogP) is 2.25. The van der Waals surface area contributed by atoms with E-state index in [1.54, 1.807) is 0 Å². The van der Waals surface area contributed by atoms with Crippen molar-refractivity contribution in [3.05, 3.63) is 18.2 Å². The number of benzene rings is 1. The van der Waals surface area contributed by atoms with E-state index < -0.39 is 6.10 Å². The van der Waals surface area contributed by atoms with Gasteiger partial charge in [0.15, 0.2) is 11.5 Å². The van der Waals surface area contributed by atoms with E-state index >= 15 is 0 Å². The molecule has 4 rings (SSSR count). The third-order valence-corrected chi connectivity index (χ3v) is 6.73. The van der Waals surface area contributed by atoms with Crippen molar-refractivity contribution < 1.29 is 19.4 Å². The molecule has 1 heterocycles. The summed E-state index contributed by atoms with van der Waals surface area (Å²) in [6.07, 6.45) is 6.27. The highest BCUT2D eigenvalue weighted by molar-refractivity contribution is 5.80. The second-order valence-electron chi connectivity index (χ2n) is 8.75. The van der Waals surface area contributed by atoms with Crippen molar-refractivity contribution in [1.29, 1.82) is 0 Å². The summed E-state index contributed by atoms with van der Waals surface area (Å²) >= 11 is 0. The number of aliphatic hydroxyl groups excluding tert-OH is 1. The first-order chi connectivity index (χ1) is 14.1. The molecule has 1 aliphatic heterocycles. The first-order valence-electron chi connectivity index (χ1n) is 10.9. The standard InChI is InChI=1S/C22H33N3O4/c1-15(26)21(27)25-19-13-22(19)8-5-16(6-9-22)7-10-23-11-12-24-17-3-2-4-18-20(17)29-14-28-18/h2-4,15-16,19,23-24,26H,5-14H2,1H3,(H,25,27)/t15-,16?,19+,22?/m1/s1. The number of nitrogens with one attached hydrogen (secondary N) is 3. The zero-order valence-corrected chi connectivity index (χ0v) is 17.2. The Balaban J connectivity index is 1.07. The summed E-state index contributed by atoms with van der Waals surface area (Å²) in [7, 11) is 0. The van der Waals surface area contributed by atoms with Crippen molar-refractivity contribution in [1.82, 2.24) is 10.6 Å². The van der Waals surface area contributed by atoms with Crippen LogP contribution in [0.25, 0.3) is 0 Å². The number of ether oxygens (including phenoxy) is 2. The van der Waals surface area contributed by atoms with Gasteiger partial charge in [-0.1, -0.05) is 6.07 Å². The van der Waals surface area contributed by atoms with Crippen molar-refractivity contribution >= 4 is 11.6 Å². The molecule has 0 radical (unpaired) electrons. The molecule has 2 fully saturated rings. The first-order valence-corrected chi connectivity index (χ1v) is 10.9. The molecular formula is C22H33N3O4. The molecule has 2 atom stereocenters. The lowest BCUT2D eigenvalue weighted by Gasteiger charge is -2.29. The Morgan fingerprint density at radius 3 is 2.86 bits per heavy atom. The van der Waals surface area contributed by atoms with Crippen molar-refractivity contribution in [3.8, 4) is 11.5 Å². The summed E-state index contributed by atoms with van der Waals surface area (Å²) in [6, 6.07) is 6.19. The van der Waals surface area contributed by atoms with Gasteiger partial charge in [0.2, 0.25) is 12.7 Å². The van der Waals surface area contributed by atoms with Crippen LogP contribution in [0.1, 0.15) is 45.4 Å². The average molecular weight is 404 g/mol. The molecule has 4 N–H and O–H groups in total. The number of carbonyl (C=O) groups excluding carboxylic acids is 1. The molecule has 160 valence electrons. The van der Waals surface area contributed by atoms with Crippen LogP contribution in [0.15, 0.2) is 18.2 Å². The predicted molar refractivity (Wildman–Crippen MR) is 111 cm³/mol. The molecular weight excluding hydrogens is 370 g/mol. The number of amides is 1. The Morgan fingerprint density at radius 2 is 2.07 bits per heavy atom. The van der Waals surface area contributed by atoms with E-state index in [2.05, 4.69) is 16.0 Å². The quantitative estimate of drug-likeness (QED) is 0.473. The van der Waals surface area contributed by atoms with Crippen molar-refractivity contribution in [2.45, 2.75) is 57.6 Å². The van der Waals surface area contributed by atoms with E-state index in [4.69, 9.17) is 9.47 Å². The largest absolute Gasteiger partial charge is 0.454 e. The molecule has 29 heavy (non-hydrogen) atoms. The molecule has 1 aromatic carbocycles. The number of hydrogen-bond donors (Lipinski definition) is 4. The van der Waals surface area contributed by atoms with Gasteiger partial charge in [0, 0.05) is 19.1 Å². The van der Waals surface area contributed by atoms with Crippen LogP contribution < -0.4 is 25.4 Å². The minimum absolute atomic E-state index is 0.230. The van der Waals surface area contributed by atoms with Crippen LogP contribution in [0, 0.1) is 11.3 Å². The maximum atomic E-state index is 11.7. The fourth-order valence-corrected chi connectivity index (χ4v) is 4.72. The number of fused-ring (bicyclic) bond motifs is 1. The molecule has 2 aliphatic carbocycles. The number of para-hydroxylation sites is 1. The van der Waals surface area contributed by atoms with Gasteiger partial charge >= 0.3 is 0 Å². The van der Waals surface area contributed by atoms with E-state index in [1.165, 1.54) is 39.0 Å². The Hall–Kier alpha value is -1.99. The van der Waals surface area contributed by atoms with E-state index in [-0.39, 0.29) is 11.9 Å². The molecule has 1 spiro atoms. The van der Waals surface area contributed by atoms with E-state index in [0.29, 0.717) is 12.2 Å². The third-order valence-electron chi connectivity index (χ3n) is 6.73.